The van der Waals surface area contributed by atoms with Gasteiger partial charge in [0.2, 0.25) is 5.91 Å². The average Bonchev–Trinajstić information content (AvgIpc) is 3.41. The Kier molecular flexibility index (Phi) is 6.53. The summed E-state index contributed by atoms with van der Waals surface area (Å²) >= 11 is 2.99. The van der Waals surface area contributed by atoms with E-state index < -0.39 is 0 Å². The van der Waals surface area contributed by atoms with Crippen molar-refractivity contribution < 1.29 is 9.53 Å². The highest BCUT2D eigenvalue weighted by molar-refractivity contribution is 7.99. The third kappa shape index (κ3) is 5.20. The van der Waals surface area contributed by atoms with Crippen molar-refractivity contribution in [2.75, 3.05) is 18.9 Å². The Labute approximate surface area is 178 Å². The number of nitrogens with zero attached hydrogens (tertiary/aromatic N) is 3. The second-order valence-corrected chi connectivity index (χ2v) is 8.78. The van der Waals surface area contributed by atoms with Crippen molar-refractivity contribution in [1.29, 1.82) is 0 Å². The number of aryl methyl sites for hydroxylation is 1. The first-order valence-corrected chi connectivity index (χ1v) is 11.4. The van der Waals surface area contributed by atoms with E-state index in [0.717, 1.165) is 51.3 Å². The molecule has 0 spiro atoms. The number of rotatable bonds is 7. The maximum absolute atomic E-state index is 12.0. The summed E-state index contributed by atoms with van der Waals surface area (Å²) in [6, 6.07) is 14.0. The fraction of sp³-hybridized carbons (Fsp3) is 0.333. The summed E-state index contributed by atoms with van der Waals surface area (Å²) in [5.74, 6) is 0.306. The van der Waals surface area contributed by atoms with Gasteiger partial charge in [0.25, 0.3) is 0 Å². The van der Waals surface area contributed by atoms with Crippen LogP contribution in [0.4, 0.5) is 0 Å². The molecule has 1 amide bonds. The van der Waals surface area contributed by atoms with Gasteiger partial charge in [-0.05, 0) is 31.9 Å². The molecule has 8 heteroatoms. The number of nitrogens with one attached hydrogen (secondary N) is 1. The lowest BCUT2D eigenvalue weighted by molar-refractivity contribution is -0.119. The minimum atomic E-state index is -0.0119. The van der Waals surface area contributed by atoms with Gasteiger partial charge in [-0.2, -0.15) is 0 Å². The smallest absolute Gasteiger partial charge is 0.230 e. The van der Waals surface area contributed by atoms with Gasteiger partial charge in [0.15, 0.2) is 0 Å². The Morgan fingerprint density at radius 2 is 2.10 bits per heavy atom. The Hall–Kier alpha value is -2.29. The minimum absolute atomic E-state index is 0.0119. The number of hydrogen-bond acceptors (Lipinski definition) is 7. The van der Waals surface area contributed by atoms with Gasteiger partial charge in [0.1, 0.15) is 15.7 Å². The van der Waals surface area contributed by atoms with Gasteiger partial charge < -0.3 is 10.1 Å². The second-order valence-electron chi connectivity index (χ2n) is 6.78. The summed E-state index contributed by atoms with van der Waals surface area (Å²) in [6.07, 6.45) is 2.25. The molecule has 0 bridgehead atoms. The number of hydrogen-bond donors (Lipinski definition) is 1. The van der Waals surface area contributed by atoms with Crippen LogP contribution in [0.1, 0.15) is 18.5 Å². The summed E-state index contributed by atoms with van der Waals surface area (Å²) < 4.78 is 5.51. The number of aromatic nitrogens is 3. The highest BCUT2D eigenvalue weighted by Gasteiger charge is 2.16. The van der Waals surface area contributed by atoms with Gasteiger partial charge in [-0.3, -0.25) is 4.79 Å². The maximum Gasteiger partial charge on any atom is 0.230 e. The van der Waals surface area contributed by atoms with Crippen LogP contribution in [0.5, 0.6) is 0 Å². The quantitative estimate of drug-likeness (QED) is 0.576. The first kappa shape index (κ1) is 20.0. The zero-order chi connectivity index (χ0) is 20.1. The summed E-state index contributed by atoms with van der Waals surface area (Å²) in [5, 5.41) is 13.2. The summed E-state index contributed by atoms with van der Waals surface area (Å²) in [4.78, 5) is 17.7. The molecule has 1 aromatic carbocycles. The number of ether oxygens (including phenoxy) is 1. The first-order valence-electron chi connectivity index (χ1n) is 9.57. The first-order chi connectivity index (χ1) is 14.2. The number of carbonyl (C=O) groups excluding carboxylic acids is 1. The van der Waals surface area contributed by atoms with E-state index in [4.69, 9.17) is 4.74 Å². The van der Waals surface area contributed by atoms with E-state index in [1.165, 1.54) is 11.8 Å². The van der Waals surface area contributed by atoms with Crippen LogP contribution in [0.15, 0.2) is 47.5 Å². The minimum Gasteiger partial charge on any atom is -0.376 e. The van der Waals surface area contributed by atoms with E-state index in [0.29, 0.717) is 12.3 Å². The molecule has 1 fully saturated rings. The molecule has 3 heterocycles. The van der Waals surface area contributed by atoms with Crippen LogP contribution in [0, 0.1) is 6.92 Å². The summed E-state index contributed by atoms with van der Waals surface area (Å²) in [5.41, 5.74) is 2.84. The Morgan fingerprint density at radius 1 is 1.24 bits per heavy atom. The van der Waals surface area contributed by atoms with Crippen molar-refractivity contribution in [3.8, 4) is 21.1 Å². The third-order valence-corrected chi connectivity index (χ3v) is 6.74. The zero-order valence-corrected chi connectivity index (χ0v) is 17.8. The van der Waals surface area contributed by atoms with Crippen LogP contribution in [0.25, 0.3) is 21.1 Å². The second kappa shape index (κ2) is 9.47. The van der Waals surface area contributed by atoms with Crippen molar-refractivity contribution in [2.45, 2.75) is 30.9 Å². The highest BCUT2D eigenvalue weighted by atomic mass is 32.2. The van der Waals surface area contributed by atoms with Gasteiger partial charge in [-0.15, -0.1) is 21.5 Å². The molecule has 0 aliphatic carbocycles. The predicted octanol–water partition coefficient (Wildman–Crippen LogP) is 3.96. The fourth-order valence-corrected chi connectivity index (χ4v) is 4.76. The van der Waals surface area contributed by atoms with Crippen LogP contribution in [-0.4, -0.2) is 46.1 Å². The summed E-state index contributed by atoms with van der Waals surface area (Å²) in [6.45, 7) is 3.36. The molecule has 1 unspecified atom stereocenters. The van der Waals surface area contributed by atoms with Gasteiger partial charge in [0.05, 0.1) is 22.4 Å². The van der Waals surface area contributed by atoms with Crippen molar-refractivity contribution in [2.24, 2.45) is 0 Å². The van der Waals surface area contributed by atoms with E-state index in [2.05, 4.69) is 32.6 Å². The van der Waals surface area contributed by atoms with E-state index in [1.54, 1.807) is 11.3 Å². The van der Waals surface area contributed by atoms with Gasteiger partial charge in [0, 0.05) is 18.7 Å². The van der Waals surface area contributed by atoms with Crippen molar-refractivity contribution in [3.05, 3.63) is 48.2 Å². The van der Waals surface area contributed by atoms with Crippen LogP contribution in [0.2, 0.25) is 0 Å². The lowest BCUT2D eigenvalue weighted by Gasteiger charge is -2.10. The standard InChI is InChI=1S/C21H22N4O2S2/c1-14-20(29-21(23-14)15-6-3-2-4-7-15)17-9-10-19(25-24-17)28-13-18(26)22-12-16-8-5-11-27-16/h2-4,6-7,9-10,16H,5,8,11-13H2,1H3,(H,22,26). The van der Waals surface area contributed by atoms with E-state index >= 15 is 0 Å². The van der Waals surface area contributed by atoms with Gasteiger partial charge in [-0.1, -0.05) is 42.1 Å². The average molecular weight is 427 g/mol. The van der Waals surface area contributed by atoms with E-state index in [-0.39, 0.29) is 12.0 Å². The molecule has 3 aromatic rings. The summed E-state index contributed by atoms with van der Waals surface area (Å²) in [7, 11) is 0. The molecular weight excluding hydrogens is 404 g/mol. The number of thioether (sulfide) groups is 1. The molecule has 1 aliphatic heterocycles. The van der Waals surface area contributed by atoms with Crippen LogP contribution < -0.4 is 5.32 Å². The fourth-order valence-electron chi connectivity index (χ4n) is 3.08. The van der Waals surface area contributed by atoms with Gasteiger partial charge in [-0.25, -0.2) is 4.98 Å². The van der Waals surface area contributed by atoms with E-state index in [9.17, 15) is 4.79 Å². The lowest BCUT2D eigenvalue weighted by atomic mass is 10.2. The molecule has 6 nitrogen and oxygen atoms in total. The molecule has 29 heavy (non-hydrogen) atoms. The molecule has 2 aromatic heterocycles. The molecule has 4 rings (SSSR count). The van der Waals surface area contributed by atoms with Crippen LogP contribution in [-0.2, 0) is 9.53 Å². The molecule has 0 radical (unpaired) electrons. The Morgan fingerprint density at radius 3 is 2.83 bits per heavy atom. The van der Waals surface area contributed by atoms with Crippen LogP contribution >= 0.6 is 23.1 Å². The van der Waals surface area contributed by atoms with Crippen molar-refractivity contribution >= 4 is 29.0 Å². The van der Waals surface area contributed by atoms with Crippen molar-refractivity contribution in [1.82, 2.24) is 20.5 Å². The highest BCUT2D eigenvalue weighted by Crippen LogP contribution is 2.34. The molecule has 1 atom stereocenters. The molecule has 0 saturated carbocycles. The number of carbonyl (C=O) groups is 1. The maximum atomic E-state index is 12.0. The topological polar surface area (TPSA) is 77.0 Å². The number of thiazole rings is 1. The predicted molar refractivity (Wildman–Crippen MR) is 116 cm³/mol. The molecular formula is C21H22N4O2S2. The van der Waals surface area contributed by atoms with E-state index in [1.807, 2.05) is 37.3 Å². The lowest BCUT2D eigenvalue weighted by Crippen LogP contribution is -2.32. The molecule has 1 N–H and O–H groups in total. The van der Waals surface area contributed by atoms with Crippen molar-refractivity contribution in [3.63, 3.8) is 0 Å². The number of benzene rings is 1. The van der Waals surface area contributed by atoms with Crippen LogP contribution in [0.3, 0.4) is 0 Å². The molecule has 1 aliphatic rings. The zero-order valence-electron chi connectivity index (χ0n) is 16.1. The SMILES string of the molecule is Cc1nc(-c2ccccc2)sc1-c1ccc(SCC(=O)NCC2CCCO2)nn1. The largest absolute Gasteiger partial charge is 0.376 e. The number of amides is 1. The molecule has 150 valence electrons. The molecule has 1 saturated heterocycles. The monoisotopic (exact) mass is 426 g/mol. The third-order valence-electron chi connectivity index (χ3n) is 4.59. The van der Waals surface area contributed by atoms with Gasteiger partial charge >= 0.3 is 0 Å². The Bertz CT molecular complexity index is 955. The Balaban J connectivity index is 1.34. The normalized spacial score (nSPS) is 16.1.